The van der Waals surface area contributed by atoms with Gasteiger partial charge in [-0.3, -0.25) is 9.69 Å². The summed E-state index contributed by atoms with van der Waals surface area (Å²) in [5, 5.41) is 0.529. The van der Waals surface area contributed by atoms with Gasteiger partial charge in [-0.25, -0.2) is 4.79 Å². The molecule has 0 bridgehead atoms. The highest BCUT2D eigenvalue weighted by Gasteiger charge is 2.33. The molecule has 1 fully saturated rings. The van der Waals surface area contributed by atoms with Crippen LogP contribution >= 0.6 is 35.6 Å². The van der Waals surface area contributed by atoms with Gasteiger partial charge in [0.25, 0.3) is 5.91 Å². The standard InChI is InChI=1S/C25H20ClNO4S2/c1-2-3-13-30-24(29)17-9-7-16(8-10-17)21-12-11-20(31-21)15-22-23(28)27(25(32)33-22)19-6-4-5-18(26)14-19/h4-12,14-15H,2-3,13H2,1H3/b22-15+. The van der Waals surface area contributed by atoms with Crippen molar-refractivity contribution in [2.24, 2.45) is 0 Å². The van der Waals surface area contributed by atoms with E-state index in [1.54, 1.807) is 60.7 Å². The summed E-state index contributed by atoms with van der Waals surface area (Å²) in [6.45, 7) is 2.46. The van der Waals surface area contributed by atoms with Crippen molar-refractivity contribution >= 4 is 63.5 Å². The Bertz CT molecular complexity index is 1230. The lowest BCUT2D eigenvalue weighted by atomic mass is 10.1. The largest absolute Gasteiger partial charge is 0.462 e. The van der Waals surface area contributed by atoms with E-state index in [1.807, 2.05) is 13.0 Å². The molecular formula is C25H20ClNO4S2. The number of amides is 1. The molecule has 1 saturated heterocycles. The fraction of sp³-hybridized carbons (Fsp3) is 0.160. The van der Waals surface area contributed by atoms with Crippen molar-refractivity contribution in [1.29, 1.82) is 0 Å². The van der Waals surface area contributed by atoms with E-state index in [0.29, 0.717) is 43.6 Å². The van der Waals surface area contributed by atoms with Crippen LogP contribution in [-0.4, -0.2) is 22.8 Å². The Morgan fingerprint density at radius 3 is 2.70 bits per heavy atom. The van der Waals surface area contributed by atoms with Gasteiger partial charge in [0.15, 0.2) is 4.32 Å². The summed E-state index contributed by atoms with van der Waals surface area (Å²) < 4.78 is 11.6. The zero-order chi connectivity index (χ0) is 23.4. The van der Waals surface area contributed by atoms with E-state index in [-0.39, 0.29) is 11.9 Å². The Morgan fingerprint density at radius 2 is 1.97 bits per heavy atom. The summed E-state index contributed by atoms with van der Waals surface area (Å²) in [5.74, 6) is 0.588. The topological polar surface area (TPSA) is 59.8 Å². The zero-order valence-corrected chi connectivity index (χ0v) is 20.1. The normalized spacial score (nSPS) is 14.8. The van der Waals surface area contributed by atoms with Gasteiger partial charge in [0, 0.05) is 16.7 Å². The molecule has 168 valence electrons. The molecule has 1 aromatic heterocycles. The molecule has 0 saturated carbocycles. The number of rotatable bonds is 7. The molecule has 1 aliphatic heterocycles. The number of thioether (sulfide) groups is 1. The van der Waals surface area contributed by atoms with Gasteiger partial charge in [-0.1, -0.05) is 67.1 Å². The summed E-state index contributed by atoms with van der Waals surface area (Å²) in [4.78, 5) is 26.9. The first-order valence-electron chi connectivity index (χ1n) is 10.4. The van der Waals surface area contributed by atoms with E-state index in [9.17, 15) is 9.59 Å². The van der Waals surface area contributed by atoms with Crippen molar-refractivity contribution in [3.05, 3.63) is 81.9 Å². The highest BCUT2D eigenvalue weighted by Crippen LogP contribution is 2.37. The van der Waals surface area contributed by atoms with Gasteiger partial charge in [0.1, 0.15) is 11.5 Å². The minimum Gasteiger partial charge on any atom is -0.462 e. The van der Waals surface area contributed by atoms with Gasteiger partial charge >= 0.3 is 5.97 Å². The second kappa shape index (κ2) is 10.4. The van der Waals surface area contributed by atoms with Crippen molar-refractivity contribution < 1.29 is 18.7 Å². The summed E-state index contributed by atoms with van der Waals surface area (Å²) in [5.41, 5.74) is 1.93. The molecule has 0 N–H and O–H groups in total. The van der Waals surface area contributed by atoms with Crippen LogP contribution in [0.2, 0.25) is 5.02 Å². The van der Waals surface area contributed by atoms with E-state index < -0.39 is 0 Å². The second-order valence-electron chi connectivity index (χ2n) is 7.27. The molecule has 5 nitrogen and oxygen atoms in total. The van der Waals surface area contributed by atoms with Gasteiger partial charge in [-0.2, -0.15) is 0 Å². The first-order chi connectivity index (χ1) is 16.0. The molecule has 8 heteroatoms. The van der Waals surface area contributed by atoms with E-state index in [2.05, 4.69) is 0 Å². The second-order valence-corrected chi connectivity index (χ2v) is 9.38. The molecular weight excluding hydrogens is 478 g/mol. The average molecular weight is 498 g/mol. The van der Waals surface area contributed by atoms with Crippen LogP contribution in [0.3, 0.4) is 0 Å². The Morgan fingerprint density at radius 1 is 1.18 bits per heavy atom. The third kappa shape index (κ3) is 5.38. The van der Waals surface area contributed by atoms with Crippen LogP contribution in [0.5, 0.6) is 0 Å². The molecule has 0 aliphatic carbocycles. The number of esters is 1. The summed E-state index contributed by atoms with van der Waals surface area (Å²) in [7, 11) is 0. The first-order valence-corrected chi connectivity index (χ1v) is 12.0. The number of furan rings is 1. The molecule has 1 amide bonds. The quantitative estimate of drug-likeness (QED) is 0.152. The van der Waals surface area contributed by atoms with Crippen molar-refractivity contribution in [2.75, 3.05) is 11.5 Å². The predicted octanol–water partition coefficient (Wildman–Crippen LogP) is 6.96. The number of hydrogen-bond donors (Lipinski definition) is 0. The number of carbonyl (C=O) groups is 2. The summed E-state index contributed by atoms with van der Waals surface area (Å²) in [6, 6.07) is 17.6. The number of anilines is 1. The number of thiocarbonyl (C=S) groups is 1. The van der Waals surface area contributed by atoms with Crippen LogP contribution in [0, 0.1) is 0 Å². The number of unbranched alkanes of at least 4 members (excludes halogenated alkanes) is 1. The number of nitrogens with zero attached hydrogens (tertiary/aromatic N) is 1. The molecule has 0 atom stereocenters. The Hall–Kier alpha value is -2.87. The Labute approximate surface area is 206 Å². The van der Waals surface area contributed by atoms with Gasteiger partial charge in [0.2, 0.25) is 0 Å². The highest BCUT2D eigenvalue weighted by molar-refractivity contribution is 8.27. The van der Waals surface area contributed by atoms with E-state index in [4.69, 9.17) is 33.0 Å². The zero-order valence-electron chi connectivity index (χ0n) is 17.7. The number of ether oxygens (including phenoxy) is 1. The summed E-state index contributed by atoms with van der Waals surface area (Å²) in [6.07, 6.45) is 3.49. The van der Waals surface area contributed by atoms with Crippen LogP contribution in [0.15, 0.2) is 70.0 Å². The van der Waals surface area contributed by atoms with Gasteiger partial charge in [-0.15, -0.1) is 0 Å². The molecule has 3 aromatic rings. The van der Waals surface area contributed by atoms with Crippen LogP contribution < -0.4 is 4.90 Å². The monoisotopic (exact) mass is 497 g/mol. The van der Waals surface area contributed by atoms with Crippen LogP contribution in [0.25, 0.3) is 17.4 Å². The number of benzene rings is 2. The number of carbonyl (C=O) groups excluding carboxylic acids is 2. The van der Waals surface area contributed by atoms with Crippen molar-refractivity contribution in [3.8, 4) is 11.3 Å². The van der Waals surface area contributed by atoms with Crippen LogP contribution in [0.1, 0.15) is 35.9 Å². The van der Waals surface area contributed by atoms with Crippen molar-refractivity contribution in [2.45, 2.75) is 19.8 Å². The van der Waals surface area contributed by atoms with Gasteiger partial charge in [0.05, 0.1) is 22.8 Å². The van der Waals surface area contributed by atoms with E-state index >= 15 is 0 Å². The van der Waals surface area contributed by atoms with Crippen LogP contribution in [0.4, 0.5) is 5.69 Å². The molecule has 0 spiro atoms. The van der Waals surface area contributed by atoms with Gasteiger partial charge < -0.3 is 9.15 Å². The lowest BCUT2D eigenvalue weighted by Crippen LogP contribution is -2.27. The van der Waals surface area contributed by atoms with Crippen molar-refractivity contribution in [1.82, 2.24) is 0 Å². The van der Waals surface area contributed by atoms with E-state index in [0.717, 1.165) is 18.4 Å². The fourth-order valence-electron chi connectivity index (χ4n) is 3.18. The number of hydrogen-bond acceptors (Lipinski definition) is 6. The smallest absolute Gasteiger partial charge is 0.338 e. The molecule has 0 radical (unpaired) electrons. The Balaban J connectivity index is 1.48. The van der Waals surface area contributed by atoms with Crippen LogP contribution in [-0.2, 0) is 9.53 Å². The predicted molar refractivity (Wildman–Crippen MR) is 136 cm³/mol. The van der Waals surface area contributed by atoms with Gasteiger partial charge in [-0.05, 0) is 48.9 Å². The average Bonchev–Trinajstić information content (AvgIpc) is 3.38. The lowest BCUT2D eigenvalue weighted by molar-refractivity contribution is -0.113. The number of halogens is 1. The maximum Gasteiger partial charge on any atom is 0.338 e. The molecule has 4 rings (SSSR count). The van der Waals surface area contributed by atoms with Crippen molar-refractivity contribution in [3.63, 3.8) is 0 Å². The molecule has 33 heavy (non-hydrogen) atoms. The minimum atomic E-state index is -0.336. The third-order valence-electron chi connectivity index (χ3n) is 4.90. The molecule has 2 heterocycles. The lowest BCUT2D eigenvalue weighted by Gasteiger charge is -2.14. The van der Waals surface area contributed by atoms with E-state index in [1.165, 1.54) is 16.7 Å². The Kier molecular flexibility index (Phi) is 7.33. The molecule has 0 unspecified atom stereocenters. The minimum absolute atomic E-state index is 0.226. The molecule has 1 aliphatic rings. The summed E-state index contributed by atoms with van der Waals surface area (Å²) >= 11 is 12.7. The maximum absolute atomic E-state index is 12.9. The maximum atomic E-state index is 12.9. The first kappa shape index (κ1) is 23.3. The fourth-order valence-corrected chi connectivity index (χ4v) is 4.65. The SMILES string of the molecule is CCCCOC(=O)c1ccc(-c2ccc(/C=C3/SC(=S)N(c4cccc(Cl)c4)C3=O)o2)cc1. The molecule has 2 aromatic carbocycles. The highest BCUT2D eigenvalue weighted by atomic mass is 35.5. The third-order valence-corrected chi connectivity index (χ3v) is 6.43.